The summed E-state index contributed by atoms with van der Waals surface area (Å²) in [6.45, 7) is 1.61. The first-order valence-corrected chi connectivity index (χ1v) is 11.9. The Hall–Kier alpha value is -3.97. The quantitative estimate of drug-likeness (QED) is 0.138. The molecule has 0 saturated heterocycles. The van der Waals surface area contributed by atoms with Gasteiger partial charge in [0, 0.05) is 17.1 Å². The van der Waals surface area contributed by atoms with Gasteiger partial charge in [-0.3, -0.25) is 24.0 Å². The highest BCUT2D eigenvalue weighted by molar-refractivity contribution is 5.95. The third-order valence-electron chi connectivity index (χ3n) is 5.77. The van der Waals surface area contributed by atoms with E-state index in [2.05, 4.69) is 20.9 Å². The predicted octanol–water partition coefficient (Wildman–Crippen LogP) is -0.800. The predicted molar refractivity (Wildman–Crippen MR) is 134 cm³/mol. The number of fused-ring (bicyclic) bond motifs is 1. The summed E-state index contributed by atoms with van der Waals surface area (Å²) in [5.41, 5.74) is 13.2. The van der Waals surface area contributed by atoms with Gasteiger partial charge in [-0.15, -0.1) is 0 Å². The van der Waals surface area contributed by atoms with E-state index in [1.54, 1.807) is 6.20 Å². The molecular formula is C24H34N6O7. The Kier molecular flexibility index (Phi) is 11.0. The molecule has 13 heteroatoms. The maximum atomic E-state index is 12.9. The summed E-state index contributed by atoms with van der Waals surface area (Å²) >= 11 is 0. The molecule has 10 N–H and O–H groups in total. The molecule has 0 aliphatic rings. The summed E-state index contributed by atoms with van der Waals surface area (Å²) in [5, 5.41) is 26.3. The van der Waals surface area contributed by atoms with E-state index in [0.717, 1.165) is 16.5 Å². The molecule has 0 aliphatic heterocycles. The molecule has 4 atom stereocenters. The molecule has 13 nitrogen and oxygen atoms in total. The fourth-order valence-electron chi connectivity index (χ4n) is 3.70. The van der Waals surface area contributed by atoms with Gasteiger partial charge in [0.1, 0.15) is 18.1 Å². The van der Waals surface area contributed by atoms with Crippen LogP contribution < -0.4 is 27.4 Å². The highest BCUT2D eigenvalue weighted by atomic mass is 16.4. The maximum absolute atomic E-state index is 12.9. The van der Waals surface area contributed by atoms with Crippen molar-refractivity contribution >= 4 is 40.6 Å². The average molecular weight is 519 g/mol. The third kappa shape index (κ3) is 8.88. The number of rotatable bonds is 15. The Balaban J connectivity index is 2.10. The lowest BCUT2D eigenvalue weighted by Gasteiger charge is -2.24. The number of carbonyl (C=O) groups excluding carboxylic acids is 3. The lowest BCUT2D eigenvalue weighted by atomic mass is 10.0. The Bertz CT molecular complexity index is 1120. The zero-order valence-corrected chi connectivity index (χ0v) is 20.5. The second-order valence-corrected chi connectivity index (χ2v) is 8.74. The monoisotopic (exact) mass is 518 g/mol. The summed E-state index contributed by atoms with van der Waals surface area (Å²) in [5.74, 6) is -5.02. The van der Waals surface area contributed by atoms with E-state index in [4.69, 9.17) is 16.6 Å². The van der Waals surface area contributed by atoms with Gasteiger partial charge in [-0.25, -0.2) is 0 Å². The first-order valence-electron chi connectivity index (χ1n) is 11.9. The number of unbranched alkanes of at least 4 members (excludes halogenated alkanes) is 1. The summed E-state index contributed by atoms with van der Waals surface area (Å²) in [6.07, 6.45) is 2.24. The standard InChI is InChI=1S/C24H34N6O7/c1-13(24(36)37)28-22(34)18(8-4-5-9-25)29-23(35)19(11-20(31)32)30-21(33)16(26)10-14-12-27-17-7-3-2-6-15(14)17/h2-3,6-7,12-13,16,18-19,27H,4-5,8-11,25-26H2,1H3,(H,28,34)(H,29,35)(H,30,33)(H,31,32)(H,36,37). The van der Waals surface area contributed by atoms with Gasteiger partial charge in [0.15, 0.2) is 0 Å². The van der Waals surface area contributed by atoms with Crippen LogP contribution in [-0.2, 0) is 30.4 Å². The van der Waals surface area contributed by atoms with Crippen LogP contribution in [0.15, 0.2) is 30.5 Å². The zero-order valence-electron chi connectivity index (χ0n) is 20.5. The van der Waals surface area contributed by atoms with E-state index >= 15 is 0 Å². The number of hydrogen-bond donors (Lipinski definition) is 8. The van der Waals surface area contributed by atoms with Gasteiger partial charge in [-0.1, -0.05) is 18.2 Å². The Morgan fingerprint density at radius 2 is 1.59 bits per heavy atom. The van der Waals surface area contributed by atoms with Crippen LogP contribution in [0.25, 0.3) is 10.9 Å². The average Bonchev–Trinajstić information content (AvgIpc) is 3.25. The van der Waals surface area contributed by atoms with Gasteiger partial charge in [-0.05, 0) is 50.8 Å². The van der Waals surface area contributed by atoms with Gasteiger partial charge in [0.2, 0.25) is 17.7 Å². The number of amides is 3. The molecule has 0 aliphatic carbocycles. The number of aromatic amines is 1. The number of carboxylic acid groups (broad SMARTS) is 2. The molecule has 0 saturated carbocycles. The number of benzene rings is 1. The fourth-order valence-corrected chi connectivity index (χ4v) is 3.70. The molecule has 1 heterocycles. The van der Waals surface area contributed by atoms with Gasteiger partial charge in [-0.2, -0.15) is 0 Å². The number of carboxylic acids is 2. The normalized spacial score (nSPS) is 14.2. The van der Waals surface area contributed by atoms with Crippen molar-refractivity contribution in [1.29, 1.82) is 0 Å². The molecular weight excluding hydrogens is 484 g/mol. The second kappa shape index (κ2) is 13.9. The van der Waals surface area contributed by atoms with Crippen LogP contribution >= 0.6 is 0 Å². The van der Waals surface area contributed by atoms with Gasteiger partial charge < -0.3 is 42.6 Å². The number of aliphatic carboxylic acids is 2. The Morgan fingerprint density at radius 3 is 2.24 bits per heavy atom. The van der Waals surface area contributed by atoms with E-state index in [0.29, 0.717) is 19.4 Å². The van der Waals surface area contributed by atoms with E-state index in [1.165, 1.54) is 6.92 Å². The van der Waals surface area contributed by atoms with E-state index in [9.17, 15) is 29.1 Å². The smallest absolute Gasteiger partial charge is 0.325 e. The highest BCUT2D eigenvalue weighted by Gasteiger charge is 2.30. The summed E-state index contributed by atoms with van der Waals surface area (Å²) in [4.78, 5) is 63.9. The summed E-state index contributed by atoms with van der Waals surface area (Å²) in [7, 11) is 0. The van der Waals surface area contributed by atoms with Crippen molar-refractivity contribution in [1.82, 2.24) is 20.9 Å². The summed E-state index contributed by atoms with van der Waals surface area (Å²) < 4.78 is 0. The van der Waals surface area contributed by atoms with Crippen LogP contribution in [0.5, 0.6) is 0 Å². The van der Waals surface area contributed by atoms with E-state index in [1.807, 2.05) is 24.3 Å². The molecule has 4 unspecified atom stereocenters. The lowest BCUT2D eigenvalue weighted by molar-refractivity contribution is -0.143. The number of para-hydroxylation sites is 1. The highest BCUT2D eigenvalue weighted by Crippen LogP contribution is 2.18. The number of H-pyrrole nitrogens is 1. The van der Waals surface area contributed by atoms with Crippen molar-refractivity contribution in [3.05, 3.63) is 36.0 Å². The largest absolute Gasteiger partial charge is 0.481 e. The minimum atomic E-state index is -1.51. The summed E-state index contributed by atoms with van der Waals surface area (Å²) in [6, 6.07) is 2.48. The van der Waals surface area contributed by atoms with Crippen LogP contribution in [0.1, 0.15) is 38.2 Å². The molecule has 2 aromatic rings. The molecule has 2 rings (SSSR count). The topological polar surface area (TPSA) is 230 Å². The minimum Gasteiger partial charge on any atom is -0.481 e. The first-order chi connectivity index (χ1) is 17.5. The minimum absolute atomic E-state index is 0.133. The van der Waals surface area contributed by atoms with Gasteiger partial charge in [0.05, 0.1) is 12.5 Å². The molecule has 37 heavy (non-hydrogen) atoms. The van der Waals surface area contributed by atoms with Gasteiger partial charge >= 0.3 is 11.9 Å². The molecule has 1 aromatic carbocycles. The van der Waals surface area contributed by atoms with Crippen LogP contribution in [0.2, 0.25) is 0 Å². The first kappa shape index (κ1) is 29.3. The van der Waals surface area contributed by atoms with Gasteiger partial charge in [0.25, 0.3) is 0 Å². The molecule has 0 radical (unpaired) electrons. The molecule has 202 valence electrons. The number of carbonyl (C=O) groups is 5. The Labute approximate surface area is 213 Å². The molecule has 3 amide bonds. The van der Waals surface area contributed by atoms with Crippen molar-refractivity contribution in [3.63, 3.8) is 0 Å². The Morgan fingerprint density at radius 1 is 0.946 bits per heavy atom. The van der Waals surface area contributed by atoms with E-state index in [-0.39, 0.29) is 12.8 Å². The second-order valence-electron chi connectivity index (χ2n) is 8.74. The van der Waals surface area contributed by atoms with Crippen molar-refractivity contribution < 1.29 is 34.2 Å². The molecule has 0 fully saturated rings. The van der Waals surface area contributed by atoms with Crippen molar-refractivity contribution in [3.8, 4) is 0 Å². The van der Waals surface area contributed by atoms with E-state index < -0.39 is 60.2 Å². The van der Waals surface area contributed by atoms with Crippen LogP contribution in [0.3, 0.4) is 0 Å². The molecule has 0 bridgehead atoms. The third-order valence-corrected chi connectivity index (χ3v) is 5.77. The molecule has 1 aromatic heterocycles. The molecule has 0 spiro atoms. The maximum Gasteiger partial charge on any atom is 0.325 e. The SMILES string of the molecule is CC(NC(=O)C(CCCCN)NC(=O)C(CC(=O)O)NC(=O)C(N)Cc1c[nH]c2ccccc12)C(=O)O. The van der Waals surface area contributed by atoms with Crippen LogP contribution in [0.4, 0.5) is 0 Å². The van der Waals surface area contributed by atoms with Crippen molar-refractivity contribution in [2.75, 3.05) is 6.54 Å². The van der Waals surface area contributed by atoms with Crippen LogP contribution in [0, 0.1) is 0 Å². The number of nitrogens with one attached hydrogen (secondary N) is 4. The zero-order chi connectivity index (χ0) is 27.5. The van der Waals surface area contributed by atoms with Crippen LogP contribution in [-0.4, -0.2) is 75.6 Å². The van der Waals surface area contributed by atoms with Crippen molar-refractivity contribution in [2.45, 2.75) is 63.2 Å². The number of aromatic nitrogens is 1. The van der Waals surface area contributed by atoms with Crippen molar-refractivity contribution in [2.24, 2.45) is 11.5 Å². The lowest BCUT2D eigenvalue weighted by Crippen LogP contribution is -2.57. The number of hydrogen-bond acceptors (Lipinski definition) is 7. The fraction of sp³-hybridized carbons (Fsp3) is 0.458. The number of nitrogens with two attached hydrogens (primary N) is 2.